The summed E-state index contributed by atoms with van der Waals surface area (Å²) < 4.78 is 0.495. The zero-order chi connectivity index (χ0) is 33.4. The first-order valence-electron chi connectivity index (χ1n) is 20.7. The molecule has 0 aromatic heterocycles. The highest BCUT2D eigenvalue weighted by Crippen LogP contribution is 2.21. The number of Topliss-reactive ketones (excluding diaryl/α,β-unsaturated/α-hetero) is 2. The Labute approximate surface area is 284 Å². The normalized spacial score (nSPS) is 13.3. The van der Waals surface area contributed by atoms with Crippen LogP contribution in [0.5, 0.6) is 0 Å². The van der Waals surface area contributed by atoms with Crippen LogP contribution < -0.4 is 0 Å². The van der Waals surface area contributed by atoms with Crippen molar-refractivity contribution in [3.05, 3.63) is 0 Å². The molecule has 0 aromatic carbocycles. The lowest BCUT2D eigenvalue weighted by Gasteiger charge is -2.40. The first kappa shape index (κ1) is 44.3. The molecular weight excluding hydrogens is 550 g/mol. The molecule has 0 bridgehead atoms. The molecular formula is C42H84NO2+. The molecule has 0 aliphatic heterocycles. The van der Waals surface area contributed by atoms with Gasteiger partial charge in [-0.1, -0.05) is 194 Å². The molecule has 0 heterocycles. The van der Waals surface area contributed by atoms with Crippen molar-refractivity contribution in [2.24, 2.45) is 0 Å². The van der Waals surface area contributed by atoms with Gasteiger partial charge in [0.1, 0.15) is 12.1 Å². The molecule has 0 aliphatic rings. The number of carbonyl (C=O) groups excluding carboxylic acids is 2. The molecule has 0 N–H and O–H groups in total. The van der Waals surface area contributed by atoms with Crippen LogP contribution in [0.2, 0.25) is 0 Å². The molecule has 3 heteroatoms. The molecule has 0 radical (unpaired) electrons. The maximum absolute atomic E-state index is 13.0. The molecule has 0 spiro atoms. The predicted octanol–water partition coefficient (Wildman–Crippen LogP) is 13.5. The SMILES string of the molecule is CCCCCCCCCCCCCCCCCC(=O)C(C)[N+](C)(C)C(C)C(=O)CCCCCCCCCCCCCCCCC. The molecule has 0 rings (SSSR count). The Balaban J connectivity index is 3.79. The predicted molar refractivity (Wildman–Crippen MR) is 200 cm³/mol. The number of hydrogen-bond donors (Lipinski definition) is 0. The summed E-state index contributed by atoms with van der Waals surface area (Å²) in [5.74, 6) is 0.669. The Hall–Kier alpha value is -0.700. The monoisotopic (exact) mass is 635 g/mol. The maximum atomic E-state index is 13.0. The summed E-state index contributed by atoms with van der Waals surface area (Å²) in [4.78, 5) is 26.1. The van der Waals surface area contributed by atoms with Gasteiger partial charge < -0.3 is 4.48 Å². The quantitative estimate of drug-likeness (QED) is 0.0507. The number of hydrogen-bond acceptors (Lipinski definition) is 2. The molecule has 3 nitrogen and oxygen atoms in total. The molecule has 0 saturated heterocycles. The van der Waals surface area contributed by atoms with Crippen LogP contribution in [0.15, 0.2) is 0 Å². The number of ketones is 2. The van der Waals surface area contributed by atoms with Crippen LogP contribution in [-0.2, 0) is 9.59 Å². The molecule has 2 atom stereocenters. The van der Waals surface area contributed by atoms with Crippen LogP contribution >= 0.6 is 0 Å². The van der Waals surface area contributed by atoms with Gasteiger partial charge in [-0.25, -0.2) is 0 Å². The highest BCUT2D eigenvalue weighted by molar-refractivity contribution is 5.85. The first-order chi connectivity index (χ1) is 21.8. The van der Waals surface area contributed by atoms with Crippen molar-refractivity contribution in [3.8, 4) is 0 Å². The van der Waals surface area contributed by atoms with E-state index in [1.54, 1.807) is 0 Å². The average molecular weight is 635 g/mol. The molecule has 0 saturated carbocycles. The fraction of sp³-hybridized carbons (Fsp3) is 0.952. The Bertz CT molecular complexity index is 603. The van der Waals surface area contributed by atoms with Gasteiger partial charge in [0.25, 0.3) is 0 Å². The molecule has 0 fully saturated rings. The van der Waals surface area contributed by atoms with Gasteiger partial charge in [-0.3, -0.25) is 9.59 Å². The topological polar surface area (TPSA) is 34.1 Å². The minimum Gasteiger partial charge on any atom is -0.312 e. The minimum atomic E-state index is -0.114. The lowest BCUT2D eigenvalue weighted by molar-refractivity contribution is -0.917. The van der Waals surface area contributed by atoms with E-state index in [4.69, 9.17) is 0 Å². The second kappa shape index (κ2) is 31.9. The second-order valence-corrected chi connectivity index (χ2v) is 15.3. The number of carbonyl (C=O) groups is 2. The van der Waals surface area contributed by atoms with Crippen LogP contribution in [0.3, 0.4) is 0 Å². The van der Waals surface area contributed by atoms with E-state index in [0.717, 1.165) is 25.7 Å². The van der Waals surface area contributed by atoms with Gasteiger partial charge in [0.15, 0.2) is 11.6 Å². The van der Waals surface area contributed by atoms with Crippen LogP contribution in [0, 0.1) is 0 Å². The summed E-state index contributed by atoms with van der Waals surface area (Å²) in [7, 11) is 4.17. The number of quaternary nitrogens is 1. The van der Waals surface area contributed by atoms with E-state index in [2.05, 4.69) is 27.9 Å². The Morgan fingerprint density at radius 1 is 0.356 bits per heavy atom. The Morgan fingerprint density at radius 3 is 0.733 bits per heavy atom. The van der Waals surface area contributed by atoms with Gasteiger partial charge >= 0.3 is 0 Å². The summed E-state index contributed by atoms with van der Waals surface area (Å²) in [5.41, 5.74) is 0. The van der Waals surface area contributed by atoms with Gasteiger partial charge in [0.05, 0.1) is 14.1 Å². The largest absolute Gasteiger partial charge is 0.312 e. The summed E-state index contributed by atoms with van der Waals surface area (Å²) in [6.07, 6.45) is 41.7. The molecule has 0 aromatic rings. The van der Waals surface area contributed by atoms with E-state index >= 15 is 0 Å². The van der Waals surface area contributed by atoms with Crippen LogP contribution in [0.4, 0.5) is 0 Å². The summed E-state index contributed by atoms with van der Waals surface area (Å²) >= 11 is 0. The van der Waals surface area contributed by atoms with Gasteiger partial charge in [-0.15, -0.1) is 0 Å². The summed E-state index contributed by atoms with van der Waals surface area (Å²) in [6, 6.07) is -0.228. The van der Waals surface area contributed by atoms with Gasteiger partial charge in [-0.2, -0.15) is 0 Å². The van der Waals surface area contributed by atoms with E-state index in [1.165, 1.54) is 167 Å². The Kier molecular flexibility index (Phi) is 31.4. The number of nitrogens with zero attached hydrogens (tertiary/aromatic N) is 1. The van der Waals surface area contributed by atoms with Crippen molar-refractivity contribution in [1.29, 1.82) is 0 Å². The fourth-order valence-corrected chi connectivity index (χ4v) is 6.84. The van der Waals surface area contributed by atoms with Crippen molar-refractivity contribution in [2.75, 3.05) is 14.1 Å². The third-order valence-corrected chi connectivity index (χ3v) is 11.0. The maximum Gasteiger partial charge on any atom is 0.189 e. The van der Waals surface area contributed by atoms with E-state index in [9.17, 15) is 9.59 Å². The zero-order valence-corrected chi connectivity index (χ0v) is 32.0. The third-order valence-electron chi connectivity index (χ3n) is 11.0. The fourth-order valence-electron chi connectivity index (χ4n) is 6.84. The highest BCUT2D eigenvalue weighted by Gasteiger charge is 2.38. The van der Waals surface area contributed by atoms with Crippen molar-refractivity contribution in [3.63, 3.8) is 0 Å². The molecule has 45 heavy (non-hydrogen) atoms. The van der Waals surface area contributed by atoms with E-state index in [0.29, 0.717) is 28.9 Å². The van der Waals surface area contributed by atoms with E-state index < -0.39 is 0 Å². The first-order valence-corrected chi connectivity index (χ1v) is 20.7. The Morgan fingerprint density at radius 2 is 0.533 bits per heavy atom. The van der Waals surface area contributed by atoms with Gasteiger partial charge in [-0.05, 0) is 26.7 Å². The smallest absolute Gasteiger partial charge is 0.189 e. The van der Waals surface area contributed by atoms with E-state index in [-0.39, 0.29) is 12.1 Å². The van der Waals surface area contributed by atoms with Crippen molar-refractivity contribution >= 4 is 11.6 Å². The van der Waals surface area contributed by atoms with Crippen LogP contribution in [0.1, 0.15) is 233 Å². The van der Waals surface area contributed by atoms with E-state index in [1.807, 2.05) is 13.8 Å². The highest BCUT2D eigenvalue weighted by atomic mass is 16.1. The number of likely N-dealkylation sites (N-methyl/N-ethyl adjacent to an activating group) is 1. The van der Waals surface area contributed by atoms with Crippen molar-refractivity contribution in [1.82, 2.24) is 0 Å². The number of unbranched alkanes of at least 4 members (excludes halogenated alkanes) is 28. The molecule has 0 aliphatic carbocycles. The zero-order valence-electron chi connectivity index (χ0n) is 32.0. The van der Waals surface area contributed by atoms with Crippen molar-refractivity contribution < 1.29 is 14.1 Å². The minimum absolute atomic E-state index is 0.114. The lowest BCUT2D eigenvalue weighted by Crippen LogP contribution is -2.59. The van der Waals surface area contributed by atoms with Crippen LogP contribution in [-0.4, -0.2) is 42.2 Å². The average Bonchev–Trinajstić information content (AvgIpc) is 3.03. The number of rotatable bonds is 36. The molecule has 2 unspecified atom stereocenters. The van der Waals surface area contributed by atoms with Crippen LogP contribution in [0.25, 0.3) is 0 Å². The van der Waals surface area contributed by atoms with Gasteiger partial charge in [0, 0.05) is 12.8 Å². The molecule has 0 amide bonds. The van der Waals surface area contributed by atoms with Gasteiger partial charge in [0.2, 0.25) is 0 Å². The van der Waals surface area contributed by atoms with Crippen molar-refractivity contribution in [2.45, 2.75) is 245 Å². The summed E-state index contributed by atoms with van der Waals surface area (Å²) in [5, 5.41) is 0. The third kappa shape index (κ3) is 26.0. The second-order valence-electron chi connectivity index (χ2n) is 15.3. The lowest BCUT2D eigenvalue weighted by atomic mass is 9.98. The summed E-state index contributed by atoms with van der Waals surface area (Å²) in [6.45, 7) is 8.67. The standard InChI is InChI=1S/C42H84NO2/c1-7-9-11-13-15-17-19-21-23-25-27-29-31-33-35-37-41(44)39(3)43(5,6)40(4)42(45)38-36-34-32-30-28-26-24-22-20-18-16-14-12-10-8-2/h39-40H,7-38H2,1-6H3/q+1. The molecule has 268 valence electrons.